The van der Waals surface area contributed by atoms with Crippen molar-refractivity contribution in [2.45, 2.75) is 25.2 Å². The number of hydrogen-bond acceptors (Lipinski definition) is 3. The van der Waals surface area contributed by atoms with Gasteiger partial charge in [0.25, 0.3) is 5.91 Å². The number of fused-ring (bicyclic) bond motifs is 3. The molecule has 0 spiro atoms. The molecule has 0 radical (unpaired) electrons. The highest BCUT2D eigenvalue weighted by molar-refractivity contribution is 6.04. The molecule has 0 saturated heterocycles. The van der Waals surface area contributed by atoms with Gasteiger partial charge in [0.1, 0.15) is 5.76 Å². The molecule has 0 saturated carbocycles. The van der Waals surface area contributed by atoms with E-state index in [4.69, 9.17) is 4.42 Å². The average Bonchev–Trinajstić information content (AvgIpc) is 3.43. The summed E-state index contributed by atoms with van der Waals surface area (Å²) in [5.74, 6) is -0.254. The van der Waals surface area contributed by atoms with Gasteiger partial charge in [-0.05, 0) is 48.9 Å². The lowest BCUT2D eigenvalue weighted by Crippen LogP contribution is -2.16. The van der Waals surface area contributed by atoms with Gasteiger partial charge in [-0.1, -0.05) is 12.1 Å². The lowest BCUT2D eigenvalue weighted by Gasteiger charge is -2.15. The molecule has 1 N–H and O–H groups in total. The van der Waals surface area contributed by atoms with Crippen molar-refractivity contribution in [3.05, 3.63) is 89.0 Å². The largest absolute Gasteiger partial charge is 0.469 e. The van der Waals surface area contributed by atoms with E-state index >= 15 is 0 Å². The normalized spacial score (nSPS) is 13.3. The number of carbonyl (C=O) groups is 1. The first-order valence-corrected chi connectivity index (χ1v) is 10.4. The van der Waals surface area contributed by atoms with Crippen LogP contribution in [0.1, 0.15) is 32.9 Å². The summed E-state index contributed by atoms with van der Waals surface area (Å²) in [6.07, 6.45) is -7.51. The minimum absolute atomic E-state index is 0.0202. The first-order valence-electron chi connectivity index (χ1n) is 10.4. The Morgan fingerprint density at radius 2 is 1.63 bits per heavy atom. The zero-order valence-corrected chi connectivity index (χ0v) is 17.7. The summed E-state index contributed by atoms with van der Waals surface area (Å²) in [4.78, 5) is 12.6. The van der Waals surface area contributed by atoms with Gasteiger partial charge < -0.3 is 9.73 Å². The number of amides is 1. The summed E-state index contributed by atoms with van der Waals surface area (Å²) < 4.78 is 87.1. The fourth-order valence-electron chi connectivity index (χ4n) is 4.15. The van der Waals surface area contributed by atoms with E-state index in [-0.39, 0.29) is 28.9 Å². The van der Waals surface area contributed by atoms with Gasteiger partial charge in [0.2, 0.25) is 0 Å². The van der Waals surface area contributed by atoms with Crippen LogP contribution >= 0.6 is 0 Å². The SMILES string of the molecule is O=C(Nc1ccccc1C(F)(F)F)c1ccc(-n2nc(C(F)(F)F)c3c2-c2ccoc2CC3)cc1. The van der Waals surface area contributed by atoms with Gasteiger partial charge >= 0.3 is 12.4 Å². The van der Waals surface area contributed by atoms with Crippen LogP contribution in [0.4, 0.5) is 32.0 Å². The zero-order valence-electron chi connectivity index (χ0n) is 17.7. The second-order valence-corrected chi connectivity index (χ2v) is 7.89. The number of nitrogens with zero attached hydrogens (tertiary/aromatic N) is 2. The smallest absolute Gasteiger partial charge is 0.435 e. The van der Waals surface area contributed by atoms with E-state index in [1.807, 2.05) is 0 Å². The minimum Gasteiger partial charge on any atom is -0.469 e. The van der Waals surface area contributed by atoms with E-state index in [9.17, 15) is 31.1 Å². The Kier molecular flexibility index (Phi) is 5.22. The lowest BCUT2D eigenvalue weighted by molar-refractivity contribution is -0.142. The molecule has 0 atom stereocenters. The van der Waals surface area contributed by atoms with E-state index in [0.717, 1.165) is 16.8 Å². The molecule has 11 heteroatoms. The maximum Gasteiger partial charge on any atom is 0.435 e. The van der Waals surface area contributed by atoms with Crippen molar-refractivity contribution in [1.29, 1.82) is 0 Å². The van der Waals surface area contributed by atoms with E-state index in [0.29, 0.717) is 17.7 Å². The number of aryl methyl sites for hydroxylation is 1. The molecule has 2 aromatic heterocycles. The molecule has 1 aliphatic rings. The summed E-state index contributed by atoms with van der Waals surface area (Å²) in [6, 6.07) is 11.5. The number of furan rings is 1. The summed E-state index contributed by atoms with van der Waals surface area (Å²) in [5, 5.41) is 6.05. The Morgan fingerprint density at radius 3 is 2.31 bits per heavy atom. The summed E-state index contributed by atoms with van der Waals surface area (Å²) >= 11 is 0. The highest BCUT2D eigenvalue weighted by Gasteiger charge is 2.41. The predicted octanol–water partition coefficient (Wildman–Crippen LogP) is 6.52. The van der Waals surface area contributed by atoms with Crippen LogP contribution < -0.4 is 5.32 Å². The second kappa shape index (κ2) is 8.03. The van der Waals surface area contributed by atoms with Crippen LogP contribution in [-0.4, -0.2) is 15.7 Å². The summed E-state index contributed by atoms with van der Waals surface area (Å²) in [6.45, 7) is 0. The molecule has 180 valence electrons. The van der Waals surface area contributed by atoms with Crippen LogP contribution in [-0.2, 0) is 25.2 Å². The fraction of sp³-hybridized carbons (Fsp3) is 0.167. The van der Waals surface area contributed by atoms with Crippen molar-refractivity contribution in [3.8, 4) is 16.9 Å². The van der Waals surface area contributed by atoms with E-state index in [1.54, 1.807) is 6.07 Å². The van der Waals surface area contributed by atoms with Gasteiger partial charge in [0.05, 0.1) is 28.9 Å². The molecule has 2 aromatic carbocycles. The quantitative estimate of drug-likeness (QED) is 0.332. The average molecular weight is 491 g/mol. The van der Waals surface area contributed by atoms with Crippen molar-refractivity contribution in [1.82, 2.24) is 9.78 Å². The van der Waals surface area contributed by atoms with Crippen LogP contribution in [0.2, 0.25) is 0 Å². The maximum absolute atomic E-state index is 13.7. The first-order chi connectivity index (χ1) is 16.5. The molecule has 5 nitrogen and oxygen atoms in total. The highest BCUT2D eigenvalue weighted by atomic mass is 19.4. The Bertz CT molecular complexity index is 1410. The first kappa shape index (κ1) is 22.8. The molecule has 0 bridgehead atoms. The van der Waals surface area contributed by atoms with E-state index < -0.39 is 35.2 Å². The predicted molar refractivity (Wildman–Crippen MR) is 113 cm³/mol. The van der Waals surface area contributed by atoms with Crippen molar-refractivity contribution < 1.29 is 35.6 Å². The van der Waals surface area contributed by atoms with Gasteiger partial charge in [-0.3, -0.25) is 4.79 Å². The van der Waals surface area contributed by atoms with Crippen molar-refractivity contribution in [3.63, 3.8) is 0 Å². The second-order valence-electron chi connectivity index (χ2n) is 7.89. The lowest BCUT2D eigenvalue weighted by atomic mass is 9.94. The molecule has 35 heavy (non-hydrogen) atoms. The molecule has 0 unspecified atom stereocenters. The fourth-order valence-corrected chi connectivity index (χ4v) is 4.15. The van der Waals surface area contributed by atoms with Crippen molar-refractivity contribution in [2.24, 2.45) is 0 Å². The molecule has 2 heterocycles. The third-order valence-corrected chi connectivity index (χ3v) is 5.71. The number of halogens is 6. The van der Waals surface area contributed by atoms with Gasteiger partial charge in [-0.25, -0.2) is 4.68 Å². The summed E-state index contributed by atoms with van der Waals surface area (Å²) in [5.41, 5.74) is -1.32. The topological polar surface area (TPSA) is 60.1 Å². The number of aromatic nitrogens is 2. The van der Waals surface area contributed by atoms with E-state index in [1.165, 1.54) is 42.7 Å². The molecule has 1 aliphatic carbocycles. The summed E-state index contributed by atoms with van der Waals surface area (Å²) in [7, 11) is 0. The van der Waals surface area contributed by atoms with Crippen LogP contribution in [0.25, 0.3) is 16.9 Å². The standard InChI is InChI=1S/C24H15F6N3O2/c25-23(26,27)17-3-1-2-4-18(17)31-22(34)13-5-7-14(8-6-13)33-20-15-11-12-35-19(15)10-9-16(20)21(32-33)24(28,29)30/h1-8,11-12H,9-10H2,(H,31,34). The highest BCUT2D eigenvalue weighted by Crippen LogP contribution is 2.42. The van der Waals surface area contributed by atoms with Crippen LogP contribution in [0, 0.1) is 0 Å². The number of alkyl halides is 6. The number of rotatable bonds is 3. The number of para-hydroxylation sites is 1. The number of hydrogen-bond donors (Lipinski definition) is 1. The minimum atomic E-state index is -4.66. The number of nitrogens with one attached hydrogen (secondary N) is 1. The Hall–Kier alpha value is -4.02. The Labute approximate surface area is 194 Å². The third-order valence-electron chi connectivity index (χ3n) is 5.71. The van der Waals surface area contributed by atoms with Crippen molar-refractivity contribution in [2.75, 3.05) is 5.32 Å². The number of anilines is 1. The molecule has 1 amide bonds. The molecular formula is C24H15F6N3O2. The zero-order chi connectivity index (χ0) is 25.0. The van der Waals surface area contributed by atoms with Crippen LogP contribution in [0.15, 0.2) is 65.3 Å². The molecule has 0 aliphatic heterocycles. The molecular weight excluding hydrogens is 476 g/mol. The Balaban J connectivity index is 1.49. The molecule has 5 rings (SSSR count). The number of benzene rings is 2. The maximum atomic E-state index is 13.7. The van der Waals surface area contributed by atoms with Gasteiger partial charge in [-0.2, -0.15) is 31.4 Å². The van der Waals surface area contributed by atoms with Crippen LogP contribution in [0.5, 0.6) is 0 Å². The third kappa shape index (κ3) is 4.07. The molecule has 0 fully saturated rings. The van der Waals surface area contributed by atoms with E-state index in [2.05, 4.69) is 10.4 Å². The van der Waals surface area contributed by atoms with Crippen LogP contribution in [0.3, 0.4) is 0 Å². The number of carbonyl (C=O) groups excluding carboxylic acids is 1. The Morgan fingerprint density at radius 1 is 0.914 bits per heavy atom. The van der Waals surface area contributed by atoms with Gasteiger partial charge in [0, 0.05) is 23.1 Å². The molecule has 4 aromatic rings. The van der Waals surface area contributed by atoms with Gasteiger partial charge in [0.15, 0.2) is 5.69 Å². The van der Waals surface area contributed by atoms with Crippen molar-refractivity contribution >= 4 is 11.6 Å². The monoisotopic (exact) mass is 491 g/mol. The van der Waals surface area contributed by atoms with Gasteiger partial charge in [-0.15, -0.1) is 0 Å².